The molecular formula is C15H22N2O2. The van der Waals surface area contributed by atoms with Gasteiger partial charge >= 0.3 is 0 Å². The predicted octanol–water partition coefficient (Wildman–Crippen LogP) is 0.639. The molecule has 4 heteroatoms. The Bertz CT molecular complexity index is 375. The molecule has 0 aliphatic carbocycles. The third-order valence-corrected chi connectivity index (χ3v) is 3.13. The molecule has 0 spiro atoms. The molecule has 104 valence electrons. The highest BCUT2D eigenvalue weighted by molar-refractivity contribution is 5.49. The number of morpholine rings is 1. The average molecular weight is 262 g/mol. The first-order valence-corrected chi connectivity index (χ1v) is 6.78. The molecule has 0 saturated carbocycles. The van der Waals surface area contributed by atoms with Crippen molar-refractivity contribution in [1.29, 1.82) is 0 Å². The number of ether oxygens (including phenoxy) is 1. The number of nitrogens with one attached hydrogen (secondary N) is 2. The molecule has 2 unspecified atom stereocenters. The Morgan fingerprint density at radius 3 is 2.95 bits per heavy atom. The summed E-state index contributed by atoms with van der Waals surface area (Å²) in [6.45, 7) is 3.39. The lowest BCUT2D eigenvalue weighted by Gasteiger charge is -2.25. The molecule has 1 saturated heterocycles. The van der Waals surface area contributed by atoms with Crippen LogP contribution in [0.25, 0.3) is 6.08 Å². The van der Waals surface area contributed by atoms with E-state index in [4.69, 9.17) is 4.74 Å². The fourth-order valence-electron chi connectivity index (χ4n) is 2.02. The van der Waals surface area contributed by atoms with Gasteiger partial charge in [-0.2, -0.15) is 0 Å². The lowest BCUT2D eigenvalue weighted by molar-refractivity contribution is 0.0274. The van der Waals surface area contributed by atoms with E-state index in [1.165, 1.54) is 0 Å². The molecule has 3 N–H and O–H groups in total. The molecule has 1 fully saturated rings. The Kier molecular flexibility index (Phi) is 6.04. The lowest BCUT2D eigenvalue weighted by Crippen LogP contribution is -2.46. The first kappa shape index (κ1) is 14.2. The second kappa shape index (κ2) is 8.07. The van der Waals surface area contributed by atoms with Gasteiger partial charge in [0.25, 0.3) is 0 Å². The molecule has 19 heavy (non-hydrogen) atoms. The predicted molar refractivity (Wildman–Crippen MR) is 77.0 cm³/mol. The van der Waals surface area contributed by atoms with Crippen LogP contribution in [0, 0.1) is 0 Å². The van der Waals surface area contributed by atoms with E-state index in [1.54, 1.807) is 0 Å². The molecule has 4 nitrogen and oxygen atoms in total. The number of hydrogen-bond donors (Lipinski definition) is 3. The Hall–Kier alpha value is -1.20. The van der Waals surface area contributed by atoms with E-state index in [0.717, 1.165) is 31.8 Å². The van der Waals surface area contributed by atoms with Crippen LogP contribution in [0.1, 0.15) is 5.56 Å². The van der Waals surface area contributed by atoms with Gasteiger partial charge in [-0.15, -0.1) is 0 Å². The normalized spacial score (nSPS) is 21.6. The Morgan fingerprint density at radius 2 is 2.26 bits per heavy atom. The van der Waals surface area contributed by atoms with Gasteiger partial charge in [-0.25, -0.2) is 0 Å². The van der Waals surface area contributed by atoms with E-state index in [-0.39, 0.29) is 18.8 Å². The van der Waals surface area contributed by atoms with E-state index in [0.29, 0.717) is 0 Å². The SMILES string of the molecule is OCC(/C=C/c1ccccc1)NCC1CNCCO1. The molecule has 1 heterocycles. The zero-order valence-electron chi connectivity index (χ0n) is 11.1. The van der Waals surface area contributed by atoms with Crippen LogP contribution in [-0.2, 0) is 4.74 Å². The molecule has 2 atom stereocenters. The maximum absolute atomic E-state index is 9.36. The number of aliphatic hydroxyl groups is 1. The molecule has 0 aromatic heterocycles. The number of aliphatic hydroxyl groups excluding tert-OH is 1. The van der Waals surface area contributed by atoms with Crippen LogP contribution in [0.2, 0.25) is 0 Å². The summed E-state index contributed by atoms with van der Waals surface area (Å²) in [5.74, 6) is 0. The van der Waals surface area contributed by atoms with Gasteiger partial charge < -0.3 is 20.5 Å². The zero-order chi connectivity index (χ0) is 13.3. The summed E-state index contributed by atoms with van der Waals surface area (Å²) in [5, 5.41) is 16.0. The fourth-order valence-corrected chi connectivity index (χ4v) is 2.02. The van der Waals surface area contributed by atoms with Crippen molar-refractivity contribution in [3.8, 4) is 0 Å². The summed E-state index contributed by atoms with van der Waals surface area (Å²) in [7, 11) is 0. The molecular weight excluding hydrogens is 240 g/mol. The van der Waals surface area contributed by atoms with Gasteiger partial charge in [0.15, 0.2) is 0 Å². The topological polar surface area (TPSA) is 53.5 Å². The van der Waals surface area contributed by atoms with Crippen LogP contribution in [0.4, 0.5) is 0 Å². The minimum Gasteiger partial charge on any atom is -0.394 e. The van der Waals surface area contributed by atoms with E-state index in [1.807, 2.05) is 42.5 Å². The standard InChI is InChI=1S/C15H22N2O2/c18-12-14(7-6-13-4-2-1-3-5-13)17-11-15-10-16-8-9-19-15/h1-7,14-18H,8-12H2/b7-6+. The lowest BCUT2D eigenvalue weighted by atomic mass is 10.1. The number of hydrogen-bond acceptors (Lipinski definition) is 4. The molecule has 1 aromatic rings. The average Bonchev–Trinajstić information content (AvgIpc) is 2.49. The smallest absolute Gasteiger partial charge is 0.0824 e. The Morgan fingerprint density at radius 1 is 1.42 bits per heavy atom. The van der Waals surface area contributed by atoms with Crippen LogP contribution in [0.15, 0.2) is 36.4 Å². The zero-order valence-corrected chi connectivity index (χ0v) is 11.1. The largest absolute Gasteiger partial charge is 0.394 e. The Labute approximate surface area is 114 Å². The second-order valence-corrected chi connectivity index (χ2v) is 4.66. The van der Waals surface area contributed by atoms with Gasteiger partial charge in [0.05, 0.1) is 19.3 Å². The summed E-state index contributed by atoms with van der Waals surface area (Å²) in [4.78, 5) is 0. The summed E-state index contributed by atoms with van der Waals surface area (Å²) in [6.07, 6.45) is 4.20. The summed E-state index contributed by atoms with van der Waals surface area (Å²) >= 11 is 0. The highest BCUT2D eigenvalue weighted by Crippen LogP contribution is 2.02. The minimum atomic E-state index is -0.0364. The second-order valence-electron chi connectivity index (χ2n) is 4.66. The molecule has 1 aliphatic heterocycles. The monoisotopic (exact) mass is 262 g/mol. The number of rotatable bonds is 6. The van der Waals surface area contributed by atoms with Crippen LogP contribution < -0.4 is 10.6 Å². The first-order valence-electron chi connectivity index (χ1n) is 6.78. The van der Waals surface area contributed by atoms with E-state index < -0.39 is 0 Å². The minimum absolute atomic E-state index is 0.0364. The van der Waals surface area contributed by atoms with Gasteiger partial charge in [-0.1, -0.05) is 42.5 Å². The van der Waals surface area contributed by atoms with Gasteiger partial charge in [-0.05, 0) is 5.56 Å². The molecule has 0 bridgehead atoms. The van der Waals surface area contributed by atoms with E-state index >= 15 is 0 Å². The molecule has 0 radical (unpaired) electrons. The van der Waals surface area contributed by atoms with Crippen molar-refractivity contribution in [3.63, 3.8) is 0 Å². The van der Waals surface area contributed by atoms with Crippen molar-refractivity contribution >= 4 is 6.08 Å². The number of benzene rings is 1. The van der Waals surface area contributed by atoms with Crippen LogP contribution in [-0.4, -0.2) is 50.1 Å². The van der Waals surface area contributed by atoms with Crippen molar-refractivity contribution in [1.82, 2.24) is 10.6 Å². The summed E-state index contributed by atoms with van der Waals surface area (Å²) in [6, 6.07) is 10.0. The molecule has 1 aromatic carbocycles. The van der Waals surface area contributed by atoms with Crippen LogP contribution in [0.3, 0.4) is 0 Å². The van der Waals surface area contributed by atoms with Crippen molar-refractivity contribution in [2.75, 3.05) is 32.8 Å². The molecule has 2 rings (SSSR count). The van der Waals surface area contributed by atoms with Crippen molar-refractivity contribution in [2.24, 2.45) is 0 Å². The third-order valence-electron chi connectivity index (χ3n) is 3.13. The van der Waals surface area contributed by atoms with Crippen molar-refractivity contribution in [3.05, 3.63) is 42.0 Å². The van der Waals surface area contributed by atoms with E-state index in [9.17, 15) is 5.11 Å². The van der Waals surface area contributed by atoms with Crippen molar-refractivity contribution in [2.45, 2.75) is 12.1 Å². The van der Waals surface area contributed by atoms with Gasteiger partial charge in [0.2, 0.25) is 0 Å². The third kappa shape index (κ3) is 5.12. The quantitative estimate of drug-likeness (QED) is 0.704. The van der Waals surface area contributed by atoms with Crippen molar-refractivity contribution < 1.29 is 9.84 Å². The van der Waals surface area contributed by atoms with Crippen LogP contribution >= 0.6 is 0 Å². The first-order chi connectivity index (χ1) is 9.38. The Balaban J connectivity index is 1.78. The van der Waals surface area contributed by atoms with Crippen LogP contribution in [0.5, 0.6) is 0 Å². The fraction of sp³-hybridized carbons (Fsp3) is 0.467. The van der Waals surface area contributed by atoms with Gasteiger partial charge in [0.1, 0.15) is 0 Å². The van der Waals surface area contributed by atoms with Gasteiger partial charge in [-0.3, -0.25) is 0 Å². The molecule has 1 aliphatic rings. The molecule has 0 amide bonds. The summed E-state index contributed by atoms with van der Waals surface area (Å²) < 4.78 is 5.60. The summed E-state index contributed by atoms with van der Waals surface area (Å²) in [5.41, 5.74) is 1.14. The van der Waals surface area contributed by atoms with E-state index in [2.05, 4.69) is 10.6 Å². The highest BCUT2D eigenvalue weighted by atomic mass is 16.5. The highest BCUT2D eigenvalue weighted by Gasteiger charge is 2.14. The maximum atomic E-state index is 9.36. The van der Waals surface area contributed by atoms with Gasteiger partial charge in [0, 0.05) is 25.7 Å². The maximum Gasteiger partial charge on any atom is 0.0824 e.